The van der Waals surface area contributed by atoms with E-state index < -0.39 is 12.0 Å². The average molecular weight is 442 g/mol. The third kappa shape index (κ3) is 4.78. The van der Waals surface area contributed by atoms with E-state index in [1.165, 1.54) is 18.3 Å². The lowest BCUT2D eigenvalue weighted by molar-refractivity contribution is -0.127. The summed E-state index contributed by atoms with van der Waals surface area (Å²) in [4.78, 5) is 29.2. The van der Waals surface area contributed by atoms with Crippen molar-refractivity contribution in [1.29, 1.82) is 0 Å². The molecule has 0 saturated heterocycles. The van der Waals surface area contributed by atoms with Gasteiger partial charge in [0.2, 0.25) is 12.0 Å². The van der Waals surface area contributed by atoms with Crippen LogP contribution in [0.25, 0.3) is 10.2 Å². The fourth-order valence-corrected chi connectivity index (χ4v) is 4.36. The molecule has 162 valence electrons. The van der Waals surface area contributed by atoms with Crippen molar-refractivity contribution in [2.75, 3.05) is 25.1 Å². The molecule has 0 fully saturated rings. The number of thiazole rings is 1. The lowest BCUT2D eigenvalue weighted by Gasteiger charge is -2.23. The molecule has 0 spiro atoms. The quantitative estimate of drug-likeness (QED) is 0.594. The van der Waals surface area contributed by atoms with Crippen LogP contribution >= 0.6 is 11.3 Å². The standard InChI is InChI=1S/C22H23N3O5S/c1-3-28-11-10-25-16-9-8-15(23-14(2)26)12-20(16)31-22(25)24-21(27)19-13-29-17-6-4-5-7-18(17)30-19/h4-9,12,19H,3,10-11,13H2,1-2H3,(H,23,26). The molecule has 1 aromatic heterocycles. The first-order chi connectivity index (χ1) is 15.0. The molecule has 0 saturated carbocycles. The molecule has 8 nitrogen and oxygen atoms in total. The largest absolute Gasteiger partial charge is 0.485 e. The van der Waals surface area contributed by atoms with Gasteiger partial charge in [0.15, 0.2) is 16.3 Å². The van der Waals surface area contributed by atoms with E-state index in [0.717, 1.165) is 10.2 Å². The SMILES string of the molecule is CCOCCn1c(=NC(=O)C2COc3ccccc3O2)sc2cc(NC(C)=O)ccc21. The Balaban J connectivity index is 1.67. The molecule has 0 aliphatic carbocycles. The summed E-state index contributed by atoms with van der Waals surface area (Å²) in [7, 11) is 0. The van der Waals surface area contributed by atoms with Crippen LogP contribution in [0.15, 0.2) is 47.5 Å². The van der Waals surface area contributed by atoms with E-state index in [0.29, 0.717) is 41.7 Å². The van der Waals surface area contributed by atoms with Crippen molar-refractivity contribution in [2.45, 2.75) is 26.5 Å². The number of benzene rings is 2. The molecule has 3 aromatic rings. The predicted molar refractivity (Wildman–Crippen MR) is 118 cm³/mol. The Labute approximate surface area is 183 Å². The predicted octanol–water partition coefficient (Wildman–Crippen LogP) is 2.97. The van der Waals surface area contributed by atoms with Crippen molar-refractivity contribution in [3.05, 3.63) is 47.3 Å². The van der Waals surface area contributed by atoms with Crippen molar-refractivity contribution in [3.8, 4) is 11.5 Å². The highest BCUT2D eigenvalue weighted by Crippen LogP contribution is 2.31. The Morgan fingerprint density at radius 2 is 2.06 bits per heavy atom. The maximum absolute atomic E-state index is 12.9. The second-order valence-electron chi connectivity index (χ2n) is 6.91. The van der Waals surface area contributed by atoms with E-state index in [-0.39, 0.29) is 12.5 Å². The molecule has 1 atom stereocenters. The molecule has 2 aromatic carbocycles. The summed E-state index contributed by atoms with van der Waals surface area (Å²) in [6, 6.07) is 12.8. The van der Waals surface area contributed by atoms with Crippen molar-refractivity contribution in [1.82, 2.24) is 4.57 Å². The minimum atomic E-state index is -0.810. The zero-order valence-electron chi connectivity index (χ0n) is 17.3. The summed E-state index contributed by atoms with van der Waals surface area (Å²) in [6.45, 7) is 5.15. The first kappa shape index (κ1) is 21.1. The van der Waals surface area contributed by atoms with Gasteiger partial charge in [-0.2, -0.15) is 4.99 Å². The molecule has 0 radical (unpaired) electrons. The third-order valence-corrected chi connectivity index (χ3v) is 5.70. The highest BCUT2D eigenvalue weighted by Gasteiger charge is 2.27. The van der Waals surface area contributed by atoms with Crippen LogP contribution in [0.1, 0.15) is 13.8 Å². The van der Waals surface area contributed by atoms with E-state index >= 15 is 0 Å². The highest BCUT2D eigenvalue weighted by molar-refractivity contribution is 7.16. The number of hydrogen-bond acceptors (Lipinski definition) is 6. The van der Waals surface area contributed by atoms with Gasteiger partial charge in [0.25, 0.3) is 5.91 Å². The fraction of sp³-hybridized carbons (Fsp3) is 0.318. The lowest BCUT2D eigenvalue weighted by atomic mass is 10.2. The Kier molecular flexibility index (Phi) is 6.34. The summed E-state index contributed by atoms with van der Waals surface area (Å²) in [6.07, 6.45) is -0.810. The molecular formula is C22H23N3O5S. The van der Waals surface area contributed by atoms with Crippen LogP contribution in [-0.4, -0.2) is 42.3 Å². The summed E-state index contributed by atoms with van der Waals surface area (Å²) in [5.41, 5.74) is 1.60. The second kappa shape index (κ2) is 9.32. The molecule has 1 aliphatic rings. The average Bonchev–Trinajstić information content (AvgIpc) is 3.09. The Hall–Kier alpha value is -3.17. The summed E-state index contributed by atoms with van der Waals surface area (Å²) < 4.78 is 19.8. The summed E-state index contributed by atoms with van der Waals surface area (Å²) in [5, 5.41) is 2.78. The van der Waals surface area contributed by atoms with Gasteiger partial charge < -0.3 is 24.1 Å². The second-order valence-corrected chi connectivity index (χ2v) is 7.92. The molecule has 9 heteroatoms. The van der Waals surface area contributed by atoms with Crippen LogP contribution in [0.2, 0.25) is 0 Å². The topological polar surface area (TPSA) is 91.2 Å². The number of nitrogens with one attached hydrogen (secondary N) is 1. The van der Waals surface area contributed by atoms with E-state index in [4.69, 9.17) is 14.2 Å². The van der Waals surface area contributed by atoms with Crippen LogP contribution in [-0.2, 0) is 20.9 Å². The molecule has 1 unspecified atom stereocenters. The van der Waals surface area contributed by atoms with Gasteiger partial charge in [0.05, 0.1) is 16.8 Å². The van der Waals surface area contributed by atoms with Crippen LogP contribution in [0.4, 0.5) is 5.69 Å². The Morgan fingerprint density at radius 3 is 2.84 bits per heavy atom. The lowest BCUT2D eigenvalue weighted by Crippen LogP contribution is -2.37. The van der Waals surface area contributed by atoms with Crippen molar-refractivity contribution in [2.24, 2.45) is 4.99 Å². The zero-order chi connectivity index (χ0) is 21.8. The van der Waals surface area contributed by atoms with Gasteiger partial charge in [0, 0.05) is 25.8 Å². The number of anilines is 1. The first-order valence-electron chi connectivity index (χ1n) is 10.0. The zero-order valence-corrected chi connectivity index (χ0v) is 18.1. The van der Waals surface area contributed by atoms with E-state index in [1.807, 2.05) is 41.8 Å². The maximum Gasteiger partial charge on any atom is 0.292 e. The van der Waals surface area contributed by atoms with E-state index in [9.17, 15) is 9.59 Å². The van der Waals surface area contributed by atoms with Gasteiger partial charge >= 0.3 is 0 Å². The smallest absolute Gasteiger partial charge is 0.292 e. The number of amides is 2. The fourth-order valence-electron chi connectivity index (χ4n) is 3.26. The number of nitrogens with zero attached hydrogens (tertiary/aromatic N) is 2. The number of fused-ring (bicyclic) bond motifs is 2. The van der Waals surface area contributed by atoms with Crippen LogP contribution < -0.4 is 19.6 Å². The Morgan fingerprint density at radius 1 is 1.26 bits per heavy atom. The van der Waals surface area contributed by atoms with Gasteiger partial charge in [-0.25, -0.2) is 0 Å². The number of rotatable bonds is 6. The van der Waals surface area contributed by atoms with Crippen LogP contribution in [0.5, 0.6) is 11.5 Å². The molecule has 2 heterocycles. The number of hydrogen-bond donors (Lipinski definition) is 1. The summed E-state index contributed by atoms with van der Waals surface area (Å²) >= 11 is 1.37. The Bertz CT molecular complexity index is 1180. The molecule has 4 rings (SSSR count). The van der Waals surface area contributed by atoms with Crippen molar-refractivity contribution >= 4 is 39.1 Å². The number of carbonyl (C=O) groups excluding carboxylic acids is 2. The van der Waals surface area contributed by atoms with Crippen molar-refractivity contribution in [3.63, 3.8) is 0 Å². The minimum Gasteiger partial charge on any atom is -0.485 e. The summed E-state index contributed by atoms with van der Waals surface area (Å²) in [5.74, 6) is 0.594. The van der Waals surface area contributed by atoms with Gasteiger partial charge in [-0.3, -0.25) is 9.59 Å². The van der Waals surface area contributed by atoms with Crippen LogP contribution in [0.3, 0.4) is 0 Å². The highest BCUT2D eigenvalue weighted by atomic mass is 32.1. The number of para-hydroxylation sites is 2. The molecular weight excluding hydrogens is 418 g/mol. The van der Waals surface area contributed by atoms with Crippen molar-refractivity contribution < 1.29 is 23.8 Å². The minimum absolute atomic E-state index is 0.107. The number of aromatic nitrogens is 1. The van der Waals surface area contributed by atoms with Crippen LogP contribution in [0, 0.1) is 0 Å². The number of ether oxygens (including phenoxy) is 3. The van der Waals surface area contributed by atoms with Gasteiger partial charge in [-0.05, 0) is 37.3 Å². The normalized spacial score (nSPS) is 15.8. The van der Waals surface area contributed by atoms with E-state index in [1.54, 1.807) is 12.1 Å². The third-order valence-electron chi connectivity index (χ3n) is 4.66. The molecule has 2 amide bonds. The first-order valence-corrected chi connectivity index (χ1v) is 10.8. The van der Waals surface area contributed by atoms with Gasteiger partial charge in [0.1, 0.15) is 6.61 Å². The van der Waals surface area contributed by atoms with E-state index in [2.05, 4.69) is 10.3 Å². The van der Waals surface area contributed by atoms with Gasteiger partial charge in [-0.15, -0.1) is 0 Å². The maximum atomic E-state index is 12.9. The molecule has 0 bridgehead atoms. The van der Waals surface area contributed by atoms with Gasteiger partial charge in [-0.1, -0.05) is 23.5 Å². The molecule has 1 N–H and O–H groups in total. The monoisotopic (exact) mass is 441 g/mol. The number of carbonyl (C=O) groups is 2. The molecule has 31 heavy (non-hydrogen) atoms. The molecule has 1 aliphatic heterocycles.